The maximum Gasteiger partial charge on any atom is 0.337 e. The molecular weight excluding hydrogens is 496 g/mol. The second-order valence-electron chi connectivity index (χ2n) is 9.89. The summed E-state index contributed by atoms with van der Waals surface area (Å²) in [4.78, 5) is 39.6. The smallest absolute Gasteiger partial charge is 0.337 e. The van der Waals surface area contributed by atoms with Crippen LogP contribution in [0.4, 0.5) is 0 Å². The van der Waals surface area contributed by atoms with Crippen molar-refractivity contribution in [1.29, 1.82) is 0 Å². The molecule has 2 fully saturated rings. The van der Waals surface area contributed by atoms with Crippen LogP contribution in [0.5, 0.6) is 11.5 Å². The Morgan fingerprint density at radius 2 is 1.69 bits per heavy atom. The lowest BCUT2D eigenvalue weighted by Gasteiger charge is -2.23. The van der Waals surface area contributed by atoms with Gasteiger partial charge in [-0.3, -0.25) is 9.59 Å². The monoisotopic (exact) mass is 528 g/mol. The molecule has 0 unspecified atom stereocenters. The lowest BCUT2D eigenvalue weighted by molar-refractivity contribution is -0.128. The zero-order valence-corrected chi connectivity index (χ0v) is 21.9. The number of hydrogen-bond donors (Lipinski definition) is 1. The number of ether oxygens (including phenoxy) is 3. The molecule has 1 atom stereocenters. The Morgan fingerprint density at radius 3 is 2.41 bits per heavy atom. The highest BCUT2D eigenvalue weighted by molar-refractivity contribution is 5.94. The van der Waals surface area contributed by atoms with Gasteiger partial charge in [0.25, 0.3) is 5.91 Å². The summed E-state index contributed by atoms with van der Waals surface area (Å²) in [7, 11) is 1.33. The predicted molar refractivity (Wildman–Crippen MR) is 145 cm³/mol. The molecule has 8 nitrogen and oxygen atoms in total. The van der Waals surface area contributed by atoms with Crippen molar-refractivity contribution in [2.45, 2.75) is 37.8 Å². The fourth-order valence-electron chi connectivity index (χ4n) is 5.02. The SMILES string of the molecule is COC(=O)c1ccc(CN2C[C@H](c3ccccc3)CC2=O)c(Oc2ccc(C(=O)NC3CCOCC3)cc2)c1. The lowest BCUT2D eigenvalue weighted by atomic mass is 9.98. The highest BCUT2D eigenvalue weighted by Gasteiger charge is 2.31. The van der Waals surface area contributed by atoms with Gasteiger partial charge in [-0.2, -0.15) is 0 Å². The molecule has 0 bridgehead atoms. The molecule has 2 aliphatic heterocycles. The molecule has 8 heteroatoms. The van der Waals surface area contributed by atoms with Crippen LogP contribution >= 0.6 is 0 Å². The molecule has 3 aromatic carbocycles. The van der Waals surface area contributed by atoms with E-state index in [-0.39, 0.29) is 23.8 Å². The Balaban J connectivity index is 1.31. The van der Waals surface area contributed by atoms with Crippen molar-refractivity contribution in [1.82, 2.24) is 10.2 Å². The molecule has 2 amide bonds. The molecule has 1 N–H and O–H groups in total. The van der Waals surface area contributed by atoms with E-state index in [9.17, 15) is 14.4 Å². The van der Waals surface area contributed by atoms with Gasteiger partial charge in [0.15, 0.2) is 0 Å². The van der Waals surface area contributed by atoms with E-state index in [1.165, 1.54) is 7.11 Å². The van der Waals surface area contributed by atoms with Crippen LogP contribution in [-0.4, -0.2) is 55.6 Å². The van der Waals surface area contributed by atoms with Crippen LogP contribution in [0.25, 0.3) is 0 Å². The summed E-state index contributed by atoms with van der Waals surface area (Å²) in [5, 5.41) is 3.05. The topological polar surface area (TPSA) is 94.2 Å². The number of amides is 2. The van der Waals surface area contributed by atoms with Crippen LogP contribution in [0.2, 0.25) is 0 Å². The predicted octanol–water partition coefficient (Wildman–Crippen LogP) is 4.69. The zero-order chi connectivity index (χ0) is 27.2. The van der Waals surface area contributed by atoms with E-state index in [1.807, 2.05) is 23.1 Å². The molecule has 2 saturated heterocycles. The minimum absolute atomic E-state index is 0.0757. The van der Waals surface area contributed by atoms with Crippen LogP contribution in [0.1, 0.15) is 57.0 Å². The van der Waals surface area contributed by atoms with E-state index < -0.39 is 5.97 Å². The summed E-state index contributed by atoms with van der Waals surface area (Å²) in [6.07, 6.45) is 2.06. The Bertz CT molecular complexity index is 1320. The third-order valence-electron chi connectivity index (χ3n) is 7.24. The average Bonchev–Trinajstić information content (AvgIpc) is 3.34. The first kappa shape index (κ1) is 26.4. The third-order valence-corrected chi connectivity index (χ3v) is 7.24. The Labute approximate surface area is 227 Å². The van der Waals surface area contributed by atoms with Crippen molar-refractivity contribution in [2.24, 2.45) is 0 Å². The summed E-state index contributed by atoms with van der Waals surface area (Å²) < 4.78 is 16.4. The van der Waals surface area contributed by atoms with Crippen LogP contribution in [0.15, 0.2) is 72.8 Å². The van der Waals surface area contributed by atoms with E-state index in [0.29, 0.717) is 55.4 Å². The fourth-order valence-corrected chi connectivity index (χ4v) is 5.02. The number of esters is 1. The standard InChI is InChI=1S/C31H32N2O6/c1-37-31(36)23-7-8-24(19-33-20-25(18-29(33)34)21-5-3-2-4-6-21)28(17-23)39-27-11-9-22(10-12-27)30(35)32-26-13-15-38-16-14-26/h2-12,17,25-26H,13-16,18-20H2,1H3,(H,32,35)/t25-/m1/s1. The summed E-state index contributed by atoms with van der Waals surface area (Å²) in [6.45, 7) is 2.27. The number of hydrogen-bond acceptors (Lipinski definition) is 6. The molecule has 0 radical (unpaired) electrons. The summed E-state index contributed by atoms with van der Waals surface area (Å²) in [5.41, 5.74) is 2.79. The van der Waals surface area contributed by atoms with Crippen LogP contribution in [0, 0.1) is 0 Å². The molecule has 5 rings (SSSR count). The van der Waals surface area contributed by atoms with Gasteiger partial charge in [-0.15, -0.1) is 0 Å². The van der Waals surface area contributed by atoms with Crippen molar-refractivity contribution in [3.05, 3.63) is 95.1 Å². The third kappa shape index (κ3) is 6.46. The average molecular weight is 529 g/mol. The van der Waals surface area contributed by atoms with Gasteiger partial charge in [-0.1, -0.05) is 36.4 Å². The van der Waals surface area contributed by atoms with Gasteiger partial charge in [0.1, 0.15) is 11.5 Å². The highest BCUT2D eigenvalue weighted by Crippen LogP contribution is 2.33. The number of rotatable bonds is 8. The van der Waals surface area contributed by atoms with Gasteiger partial charge in [0.05, 0.1) is 12.7 Å². The van der Waals surface area contributed by atoms with E-state index in [0.717, 1.165) is 24.0 Å². The first-order chi connectivity index (χ1) is 19.0. The number of carbonyl (C=O) groups excluding carboxylic acids is 3. The molecule has 0 aliphatic carbocycles. The first-order valence-corrected chi connectivity index (χ1v) is 13.2. The Hall–Kier alpha value is -4.17. The number of nitrogens with zero attached hydrogens (tertiary/aromatic N) is 1. The molecule has 2 heterocycles. The van der Waals surface area contributed by atoms with Gasteiger partial charge < -0.3 is 24.4 Å². The molecule has 2 aliphatic rings. The van der Waals surface area contributed by atoms with Crippen LogP contribution in [0.3, 0.4) is 0 Å². The number of carbonyl (C=O) groups is 3. The quantitative estimate of drug-likeness (QED) is 0.427. The second-order valence-corrected chi connectivity index (χ2v) is 9.89. The van der Waals surface area contributed by atoms with Crippen LogP contribution < -0.4 is 10.1 Å². The summed E-state index contributed by atoms with van der Waals surface area (Å²) in [5.74, 6) is 0.559. The minimum Gasteiger partial charge on any atom is -0.465 e. The molecule has 39 heavy (non-hydrogen) atoms. The lowest BCUT2D eigenvalue weighted by Crippen LogP contribution is -2.38. The molecule has 0 saturated carbocycles. The highest BCUT2D eigenvalue weighted by atomic mass is 16.5. The molecule has 0 spiro atoms. The molecule has 0 aromatic heterocycles. The van der Waals surface area contributed by atoms with E-state index in [1.54, 1.807) is 42.5 Å². The molecule has 202 valence electrons. The van der Waals surface area contributed by atoms with E-state index >= 15 is 0 Å². The van der Waals surface area contributed by atoms with E-state index in [2.05, 4.69) is 17.4 Å². The molecular formula is C31H32N2O6. The minimum atomic E-state index is -0.479. The van der Waals surface area contributed by atoms with Crippen molar-refractivity contribution >= 4 is 17.8 Å². The zero-order valence-electron chi connectivity index (χ0n) is 21.9. The number of nitrogens with one attached hydrogen (secondary N) is 1. The van der Waals surface area contributed by atoms with Crippen molar-refractivity contribution < 1.29 is 28.6 Å². The number of methoxy groups -OCH3 is 1. The largest absolute Gasteiger partial charge is 0.465 e. The van der Waals surface area contributed by atoms with Crippen molar-refractivity contribution in [2.75, 3.05) is 26.9 Å². The Kier molecular flexibility index (Phi) is 8.22. The van der Waals surface area contributed by atoms with Gasteiger partial charge in [0, 0.05) is 55.8 Å². The normalized spacial score (nSPS) is 17.6. The maximum absolute atomic E-state index is 12.9. The Morgan fingerprint density at radius 1 is 0.974 bits per heavy atom. The first-order valence-electron chi connectivity index (χ1n) is 13.2. The summed E-state index contributed by atoms with van der Waals surface area (Å²) >= 11 is 0. The van der Waals surface area contributed by atoms with Gasteiger partial charge in [0.2, 0.25) is 5.91 Å². The van der Waals surface area contributed by atoms with Crippen molar-refractivity contribution in [3.8, 4) is 11.5 Å². The van der Waals surface area contributed by atoms with E-state index in [4.69, 9.17) is 14.2 Å². The van der Waals surface area contributed by atoms with Gasteiger partial charge >= 0.3 is 5.97 Å². The summed E-state index contributed by atoms with van der Waals surface area (Å²) in [6, 6.07) is 22.1. The fraction of sp³-hybridized carbons (Fsp3) is 0.323. The second kappa shape index (κ2) is 12.1. The number of likely N-dealkylation sites (tertiary alicyclic amines) is 1. The maximum atomic E-state index is 12.9. The van der Waals surface area contributed by atoms with Gasteiger partial charge in [-0.05, 0) is 54.8 Å². The number of benzene rings is 3. The molecule has 3 aromatic rings. The van der Waals surface area contributed by atoms with Crippen LogP contribution in [-0.2, 0) is 20.8 Å². The van der Waals surface area contributed by atoms with Crippen molar-refractivity contribution in [3.63, 3.8) is 0 Å². The van der Waals surface area contributed by atoms with Gasteiger partial charge in [-0.25, -0.2) is 4.79 Å².